The van der Waals surface area contributed by atoms with E-state index < -0.39 is 0 Å². The molecule has 0 aliphatic carbocycles. The van der Waals surface area contributed by atoms with Gasteiger partial charge in [0.15, 0.2) is 23.3 Å². The van der Waals surface area contributed by atoms with Crippen LogP contribution in [0.3, 0.4) is 0 Å². The van der Waals surface area contributed by atoms with Gasteiger partial charge in [0.05, 0.1) is 6.33 Å². The smallest absolute Gasteiger partial charge is 0.164 e. The molecule has 10 nitrogen and oxygen atoms in total. The van der Waals surface area contributed by atoms with Crippen LogP contribution < -0.4 is 0 Å². The summed E-state index contributed by atoms with van der Waals surface area (Å²) in [4.78, 5) is 43.1. The monoisotopic (exact) mass is 748 g/mol. The van der Waals surface area contributed by atoms with Crippen LogP contribution in [0.5, 0.6) is 0 Å². The van der Waals surface area contributed by atoms with Gasteiger partial charge in [-0.05, 0) is 69.3 Å². The zero-order valence-corrected chi connectivity index (χ0v) is 33.7. The lowest BCUT2D eigenvalue weighted by Gasteiger charge is -2.19. The standard InChI is InChI=1S/C47H44N10/c1-45(2,3)25-10-14-29-33(20-25)41-49-37(29)51-42-35-22-27(47(7,8)9)12-16-31(35)39(53-42)55-44-36-23-28(57-19-18-48-24-57)13-17-32(36)40(56-44)54-43-34-21-26(46(4,5)6)11-15-30(34)38(50-41)52-43/h10-24H,1-9H3,(H2,49,50,51,52,53,54,55,56). The average Bonchev–Trinajstić information content (AvgIpc) is 3.99. The molecule has 10 heteroatoms. The SMILES string of the molecule is CC(C)(C)c1ccc2c(c1)-c1nc-2nc2[nH]c(nc3nc(nc4[nH]c(n1)c1ccc(-n5ccnc5)cc41)-c1ccc(C(C)(C)C)cc1-3)c1ccc(C(C)(C)C)cc21. The zero-order valence-electron chi connectivity index (χ0n) is 33.7. The van der Waals surface area contributed by atoms with E-state index >= 15 is 0 Å². The predicted octanol–water partition coefficient (Wildman–Crippen LogP) is 10.9. The molecule has 10 rings (SSSR count). The Labute approximate surface area is 330 Å². The fourth-order valence-electron chi connectivity index (χ4n) is 7.75. The molecule has 6 heterocycles. The Balaban J connectivity index is 1.37. The molecule has 282 valence electrons. The molecule has 0 unspecified atom stereocenters. The number of imidazole rings is 1. The molecule has 4 aromatic heterocycles. The number of hydrogen-bond acceptors (Lipinski definition) is 7. The molecule has 57 heavy (non-hydrogen) atoms. The van der Waals surface area contributed by atoms with Crippen molar-refractivity contribution < 1.29 is 0 Å². The van der Waals surface area contributed by atoms with Crippen molar-refractivity contribution in [3.05, 3.63) is 108 Å². The molecule has 0 atom stereocenters. The fourth-order valence-corrected chi connectivity index (χ4v) is 7.75. The lowest BCUT2D eigenvalue weighted by Crippen LogP contribution is -2.10. The third-order valence-corrected chi connectivity index (χ3v) is 11.2. The first-order valence-corrected chi connectivity index (χ1v) is 19.5. The van der Waals surface area contributed by atoms with Gasteiger partial charge in [-0.1, -0.05) is 98.7 Å². The lowest BCUT2D eigenvalue weighted by molar-refractivity contribution is 0.590. The van der Waals surface area contributed by atoms with Crippen LogP contribution in [0, 0.1) is 0 Å². The molecule has 8 bridgehead atoms. The first-order chi connectivity index (χ1) is 27.1. The summed E-state index contributed by atoms with van der Waals surface area (Å²) in [5, 5.41) is 3.73. The maximum Gasteiger partial charge on any atom is 0.164 e. The van der Waals surface area contributed by atoms with Crippen molar-refractivity contribution in [1.29, 1.82) is 0 Å². The molecular weight excluding hydrogens is 705 g/mol. The molecule has 2 N–H and O–H groups in total. The van der Waals surface area contributed by atoms with Gasteiger partial charge in [0.2, 0.25) is 0 Å². The molecule has 0 fully saturated rings. The molecule has 0 amide bonds. The fraction of sp³-hybridized carbons (Fsp3) is 0.255. The Morgan fingerprint density at radius 3 is 1.32 bits per heavy atom. The summed E-state index contributed by atoms with van der Waals surface area (Å²) < 4.78 is 1.98. The van der Waals surface area contributed by atoms with Gasteiger partial charge in [-0.15, -0.1) is 0 Å². The van der Waals surface area contributed by atoms with Crippen molar-refractivity contribution in [3.63, 3.8) is 0 Å². The number of aromatic amines is 2. The van der Waals surface area contributed by atoms with Crippen molar-refractivity contribution >= 4 is 44.1 Å². The van der Waals surface area contributed by atoms with Crippen LogP contribution in [0.2, 0.25) is 0 Å². The Morgan fingerprint density at radius 2 is 0.842 bits per heavy atom. The van der Waals surface area contributed by atoms with Crippen LogP contribution in [0.4, 0.5) is 0 Å². The highest BCUT2D eigenvalue weighted by atomic mass is 15.1. The van der Waals surface area contributed by atoms with E-state index in [2.05, 4.69) is 150 Å². The van der Waals surface area contributed by atoms with Gasteiger partial charge in [0, 0.05) is 61.9 Å². The number of benzene rings is 4. The maximum atomic E-state index is 5.31. The van der Waals surface area contributed by atoms with Gasteiger partial charge in [0.25, 0.3) is 0 Å². The first-order valence-electron chi connectivity index (χ1n) is 19.5. The number of fused-ring (bicyclic) bond motifs is 20. The van der Waals surface area contributed by atoms with E-state index in [4.69, 9.17) is 29.9 Å². The summed E-state index contributed by atoms with van der Waals surface area (Å²) in [6.07, 6.45) is 5.50. The van der Waals surface area contributed by atoms with Crippen LogP contribution in [0.15, 0.2) is 91.5 Å². The van der Waals surface area contributed by atoms with Crippen LogP contribution in [-0.4, -0.2) is 49.4 Å². The Morgan fingerprint density at radius 1 is 0.421 bits per heavy atom. The van der Waals surface area contributed by atoms with Gasteiger partial charge in [-0.2, -0.15) is 0 Å². The Kier molecular flexibility index (Phi) is 7.33. The van der Waals surface area contributed by atoms with E-state index in [-0.39, 0.29) is 16.2 Å². The summed E-state index contributed by atoms with van der Waals surface area (Å²) >= 11 is 0. The molecule has 8 aromatic rings. The number of rotatable bonds is 1. The topological polar surface area (TPSA) is 127 Å². The van der Waals surface area contributed by atoms with Crippen molar-refractivity contribution in [2.45, 2.75) is 78.6 Å². The highest BCUT2D eigenvalue weighted by Crippen LogP contribution is 2.40. The molecule has 0 spiro atoms. The minimum atomic E-state index is -0.0821. The second kappa shape index (κ2) is 12.0. The van der Waals surface area contributed by atoms with Crippen molar-refractivity contribution in [2.75, 3.05) is 0 Å². The van der Waals surface area contributed by atoms with Crippen LogP contribution in [0.25, 0.3) is 95.4 Å². The van der Waals surface area contributed by atoms with Crippen molar-refractivity contribution in [1.82, 2.24) is 49.4 Å². The summed E-state index contributed by atoms with van der Waals surface area (Å²) in [7, 11) is 0. The van der Waals surface area contributed by atoms with Gasteiger partial charge in [-0.3, -0.25) is 0 Å². The minimum absolute atomic E-state index is 0.0732. The van der Waals surface area contributed by atoms with E-state index in [1.807, 2.05) is 10.8 Å². The second-order valence-electron chi connectivity index (χ2n) is 18.3. The summed E-state index contributed by atoms with van der Waals surface area (Å²) in [6.45, 7) is 20.0. The van der Waals surface area contributed by atoms with E-state index in [1.165, 1.54) is 16.7 Å². The van der Waals surface area contributed by atoms with Crippen LogP contribution >= 0.6 is 0 Å². The molecule has 2 aliphatic rings. The van der Waals surface area contributed by atoms with Gasteiger partial charge in [-0.25, -0.2) is 34.9 Å². The number of hydrogen-bond donors (Lipinski definition) is 2. The highest BCUT2D eigenvalue weighted by molar-refractivity contribution is 6.07. The summed E-state index contributed by atoms with van der Waals surface area (Å²) in [5.74, 6) is 2.33. The van der Waals surface area contributed by atoms with E-state index in [9.17, 15) is 0 Å². The van der Waals surface area contributed by atoms with Crippen molar-refractivity contribution in [2.24, 2.45) is 0 Å². The molecule has 0 saturated carbocycles. The van der Waals surface area contributed by atoms with Crippen LogP contribution in [0.1, 0.15) is 79.0 Å². The summed E-state index contributed by atoms with van der Waals surface area (Å²) in [6, 6.07) is 25.8. The molecular formula is C47H44N10. The second-order valence-corrected chi connectivity index (χ2v) is 18.3. The molecule has 2 aliphatic heterocycles. The largest absolute Gasteiger partial charge is 0.324 e. The predicted molar refractivity (Wildman–Crippen MR) is 229 cm³/mol. The number of aromatic nitrogens is 10. The first kappa shape index (κ1) is 34.9. The molecule has 0 radical (unpaired) electrons. The minimum Gasteiger partial charge on any atom is -0.324 e. The van der Waals surface area contributed by atoms with Crippen molar-refractivity contribution in [3.8, 4) is 51.2 Å². The zero-order chi connectivity index (χ0) is 39.6. The lowest BCUT2D eigenvalue weighted by atomic mass is 9.85. The van der Waals surface area contributed by atoms with Gasteiger partial charge in [0.1, 0.15) is 22.6 Å². The van der Waals surface area contributed by atoms with E-state index in [0.29, 0.717) is 45.9 Å². The molecule has 0 saturated heterocycles. The Hall–Kier alpha value is -6.55. The van der Waals surface area contributed by atoms with Gasteiger partial charge < -0.3 is 14.5 Å². The normalized spacial score (nSPS) is 13.0. The number of nitrogens with zero attached hydrogens (tertiary/aromatic N) is 8. The third-order valence-electron chi connectivity index (χ3n) is 11.2. The highest BCUT2D eigenvalue weighted by Gasteiger charge is 2.26. The van der Waals surface area contributed by atoms with Gasteiger partial charge >= 0.3 is 0 Å². The third kappa shape index (κ3) is 5.81. The number of H-pyrrole nitrogens is 2. The maximum absolute atomic E-state index is 5.31. The van der Waals surface area contributed by atoms with Crippen LogP contribution in [-0.2, 0) is 16.2 Å². The van der Waals surface area contributed by atoms with E-state index in [1.54, 1.807) is 12.5 Å². The molecule has 4 aromatic carbocycles. The van der Waals surface area contributed by atoms with E-state index in [0.717, 1.165) is 49.5 Å². The average molecular weight is 749 g/mol. The Bertz CT molecular complexity index is 3110. The number of nitrogens with one attached hydrogen (secondary N) is 2. The summed E-state index contributed by atoms with van der Waals surface area (Å²) in [5.41, 5.74) is 10.6. The quantitative estimate of drug-likeness (QED) is 0.171.